The Balaban J connectivity index is 2.34. The van der Waals surface area contributed by atoms with Crippen LogP contribution < -0.4 is 15.2 Å². The Morgan fingerprint density at radius 1 is 0.950 bits per heavy atom. The SMILES string of the molecule is CCOc1cc(N)cc(Oc2cc(C)cc(C)c2C)c1. The second-order valence-electron chi connectivity index (χ2n) is 4.98. The number of benzene rings is 2. The maximum absolute atomic E-state index is 5.98. The predicted molar refractivity (Wildman–Crippen MR) is 82.8 cm³/mol. The average molecular weight is 271 g/mol. The van der Waals surface area contributed by atoms with Gasteiger partial charge in [-0.05, 0) is 50.5 Å². The fourth-order valence-electron chi connectivity index (χ4n) is 2.14. The zero-order chi connectivity index (χ0) is 14.7. The van der Waals surface area contributed by atoms with Crippen LogP contribution >= 0.6 is 0 Å². The van der Waals surface area contributed by atoms with Gasteiger partial charge in [-0.1, -0.05) is 6.07 Å². The van der Waals surface area contributed by atoms with Crippen LogP contribution in [0.2, 0.25) is 0 Å². The van der Waals surface area contributed by atoms with Gasteiger partial charge in [-0.25, -0.2) is 0 Å². The lowest BCUT2D eigenvalue weighted by Crippen LogP contribution is -1.96. The van der Waals surface area contributed by atoms with Crippen LogP contribution in [0.3, 0.4) is 0 Å². The highest BCUT2D eigenvalue weighted by Crippen LogP contribution is 2.32. The van der Waals surface area contributed by atoms with Crippen LogP contribution in [0.4, 0.5) is 5.69 Å². The number of anilines is 1. The molecule has 2 aromatic rings. The van der Waals surface area contributed by atoms with E-state index in [2.05, 4.69) is 26.8 Å². The Bertz CT molecular complexity index is 621. The summed E-state index contributed by atoms with van der Waals surface area (Å²) < 4.78 is 11.5. The molecule has 0 aliphatic heterocycles. The molecule has 0 unspecified atom stereocenters. The number of hydrogen-bond acceptors (Lipinski definition) is 3. The zero-order valence-corrected chi connectivity index (χ0v) is 12.5. The highest BCUT2D eigenvalue weighted by atomic mass is 16.5. The van der Waals surface area contributed by atoms with Crippen LogP contribution in [0.15, 0.2) is 30.3 Å². The second kappa shape index (κ2) is 5.87. The first-order valence-corrected chi connectivity index (χ1v) is 6.78. The Morgan fingerprint density at radius 3 is 2.35 bits per heavy atom. The van der Waals surface area contributed by atoms with E-state index < -0.39 is 0 Å². The van der Waals surface area contributed by atoms with Crippen LogP contribution in [0.5, 0.6) is 17.2 Å². The van der Waals surface area contributed by atoms with E-state index in [0.717, 1.165) is 17.1 Å². The molecule has 0 spiro atoms. The Morgan fingerprint density at radius 2 is 1.65 bits per heavy atom. The van der Waals surface area contributed by atoms with Crippen molar-refractivity contribution in [2.45, 2.75) is 27.7 Å². The maximum Gasteiger partial charge on any atom is 0.133 e. The van der Waals surface area contributed by atoms with E-state index in [1.807, 2.05) is 19.1 Å². The molecular formula is C17H21NO2. The molecule has 2 aromatic carbocycles. The molecular weight excluding hydrogens is 250 g/mol. The lowest BCUT2D eigenvalue weighted by atomic mass is 10.1. The van der Waals surface area contributed by atoms with E-state index in [4.69, 9.17) is 15.2 Å². The predicted octanol–water partition coefficient (Wildman–Crippen LogP) is 4.39. The van der Waals surface area contributed by atoms with Gasteiger partial charge in [0.05, 0.1) is 6.61 Å². The fourth-order valence-corrected chi connectivity index (χ4v) is 2.14. The van der Waals surface area contributed by atoms with Gasteiger partial charge in [0.1, 0.15) is 17.2 Å². The van der Waals surface area contributed by atoms with Crippen molar-refractivity contribution >= 4 is 5.69 Å². The normalized spacial score (nSPS) is 10.4. The summed E-state index contributed by atoms with van der Waals surface area (Å²) >= 11 is 0. The summed E-state index contributed by atoms with van der Waals surface area (Å²) in [6.45, 7) is 8.74. The topological polar surface area (TPSA) is 44.5 Å². The standard InChI is InChI=1S/C17H21NO2/c1-5-19-15-8-14(18)9-16(10-15)20-17-7-11(2)6-12(3)13(17)4/h6-10H,5,18H2,1-4H3. The summed E-state index contributed by atoms with van der Waals surface area (Å²) in [6, 6.07) is 9.64. The van der Waals surface area contributed by atoms with E-state index in [1.165, 1.54) is 11.1 Å². The van der Waals surface area contributed by atoms with Crippen molar-refractivity contribution < 1.29 is 9.47 Å². The number of nitrogen functional groups attached to an aromatic ring is 1. The van der Waals surface area contributed by atoms with Crippen molar-refractivity contribution in [1.82, 2.24) is 0 Å². The van der Waals surface area contributed by atoms with Gasteiger partial charge in [-0.3, -0.25) is 0 Å². The molecule has 0 aliphatic carbocycles. The summed E-state index contributed by atoms with van der Waals surface area (Å²) in [5, 5.41) is 0. The molecule has 0 atom stereocenters. The van der Waals surface area contributed by atoms with Crippen LogP contribution in [-0.2, 0) is 0 Å². The van der Waals surface area contributed by atoms with E-state index in [9.17, 15) is 0 Å². The molecule has 0 bridgehead atoms. The van der Waals surface area contributed by atoms with Gasteiger partial charge < -0.3 is 15.2 Å². The minimum Gasteiger partial charge on any atom is -0.494 e. The van der Waals surface area contributed by atoms with Gasteiger partial charge in [0.15, 0.2) is 0 Å². The minimum atomic E-state index is 0.603. The third-order valence-electron chi connectivity index (χ3n) is 3.21. The Hall–Kier alpha value is -2.16. The second-order valence-corrected chi connectivity index (χ2v) is 4.98. The van der Waals surface area contributed by atoms with Crippen molar-refractivity contribution in [3.8, 4) is 17.2 Å². The van der Waals surface area contributed by atoms with Crippen molar-refractivity contribution in [2.75, 3.05) is 12.3 Å². The molecule has 0 saturated carbocycles. The summed E-state index contributed by atoms with van der Waals surface area (Å²) in [4.78, 5) is 0. The zero-order valence-electron chi connectivity index (χ0n) is 12.5. The lowest BCUT2D eigenvalue weighted by molar-refractivity contribution is 0.338. The number of nitrogens with two attached hydrogens (primary N) is 1. The molecule has 0 saturated heterocycles. The summed E-state index contributed by atoms with van der Waals surface area (Å²) in [5.74, 6) is 2.28. The van der Waals surface area contributed by atoms with E-state index in [1.54, 1.807) is 12.1 Å². The molecule has 2 rings (SSSR count). The molecule has 106 valence electrons. The van der Waals surface area contributed by atoms with Gasteiger partial charge in [-0.2, -0.15) is 0 Å². The van der Waals surface area contributed by atoms with Crippen LogP contribution in [0, 0.1) is 20.8 Å². The van der Waals surface area contributed by atoms with E-state index >= 15 is 0 Å². The Labute approximate surface area is 120 Å². The number of rotatable bonds is 4. The summed E-state index contributed by atoms with van der Waals surface area (Å²) in [6.07, 6.45) is 0. The molecule has 3 nitrogen and oxygen atoms in total. The lowest BCUT2D eigenvalue weighted by Gasteiger charge is -2.13. The average Bonchev–Trinajstić information content (AvgIpc) is 2.35. The van der Waals surface area contributed by atoms with Crippen molar-refractivity contribution in [3.63, 3.8) is 0 Å². The molecule has 0 radical (unpaired) electrons. The molecule has 3 heteroatoms. The number of ether oxygens (including phenoxy) is 2. The van der Waals surface area contributed by atoms with E-state index in [-0.39, 0.29) is 0 Å². The molecule has 2 N–H and O–H groups in total. The van der Waals surface area contributed by atoms with Gasteiger partial charge in [0.2, 0.25) is 0 Å². The Kier molecular flexibility index (Phi) is 4.18. The number of hydrogen-bond donors (Lipinski definition) is 1. The molecule has 0 aliphatic rings. The third kappa shape index (κ3) is 3.23. The van der Waals surface area contributed by atoms with Crippen molar-refractivity contribution in [3.05, 3.63) is 47.0 Å². The first-order chi connectivity index (χ1) is 9.49. The largest absolute Gasteiger partial charge is 0.494 e. The molecule has 0 heterocycles. The molecule has 20 heavy (non-hydrogen) atoms. The van der Waals surface area contributed by atoms with Gasteiger partial charge in [0.25, 0.3) is 0 Å². The fraction of sp³-hybridized carbons (Fsp3) is 0.294. The third-order valence-corrected chi connectivity index (χ3v) is 3.21. The minimum absolute atomic E-state index is 0.603. The molecule has 0 amide bonds. The highest BCUT2D eigenvalue weighted by Gasteiger charge is 2.07. The van der Waals surface area contributed by atoms with Crippen LogP contribution in [0.25, 0.3) is 0 Å². The quantitative estimate of drug-likeness (QED) is 0.839. The molecule has 0 aromatic heterocycles. The monoisotopic (exact) mass is 271 g/mol. The van der Waals surface area contributed by atoms with Crippen molar-refractivity contribution in [1.29, 1.82) is 0 Å². The van der Waals surface area contributed by atoms with Gasteiger partial charge >= 0.3 is 0 Å². The van der Waals surface area contributed by atoms with Crippen molar-refractivity contribution in [2.24, 2.45) is 0 Å². The molecule has 0 fully saturated rings. The van der Waals surface area contributed by atoms with Gasteiger partial charge in [-0.15, -0.1) is 0 Å². The van der Waals surface area contributed by atoms with E-state index in [0.29, 0.717) is 18.0 Å². The first-order valence-electron chi connectivity index (χ1n) is 6.78. The van der Waals surface area contributed by atoms with Crippen LogP contribution in [-0.4, -0.2) is 6.61 Å². The smallest absolute Gasteiger partial charge is 0.133 e. The van der Waals surface area contributed by atoms with Gasteiger partial charge in [0, 0.05) is 23.9 Å². The maximum atomic E-state index is 5.98. The van der Waals surface area contributed by atoms with Crippen LogP contribution in [0.1, 0.15) is 23.6 Å². The summed E-state index contributed by atoms with van der Waals surface area (Å²) in [5.41, 5.74) is 10.0. The summed E-state index contributed by atoms with van der Waals surface area (Å²) in [7, 11) is 0. The first kappa shape index (κ1) is 14.3. The number of aryl methyl sites for hydroxylation is 2. The highest BCUT2D eigenvalue weighted by molar-refractivity contribution is 5.52.